The first-order valence-corrected chi connectivity index (χ1v) is 9.19. The number of nitrogens with one attached hydrogen (secondary N) is 1. The van der Waals surface area contributed by atoms with Crippen molar-refractivity contribution in [2.75, 3.05) is 52.1 Å². The van der Waals surface area contributed by atoms with E-state index in [1.807, 2.05) is 49.6 Å². The van der Waals surface area contributed by atoms with E-state index in [4.69, 9.17) is 14.2 Å². The van der Waals surface area contributed by atoms with Gasteiger partial charge in [-0.25, -0.2) is 14.4 Å². The van der Waals surface area contributed by atoms with Gasteiger partial charge in [0.1, 0.15) is 19.1 Å². The third kappa shape index (κ3) is 5.61. The van der Waals surface area contributed by atoms with Crippen LogP contribution in [0.1, 0.15) is 0 Å². The predicted octanol–water partition coefficient (Wildman–Crippen LogP) is 3.72. The van der Waals surface area contributed by atoms with Crippen LogP contribution in [0, 0.1) is 0 Å². The van der Waals surface area contributed by atoms with Crippen LogP contribution in [-0.4, -0.2) is 56.7 Å². The number of ether oxygens (including phenoxy) is 3. The zero-order valence-electron chi connectivity index (χ0n) is 15.9. The van der Waals surface area contributed by atoms with Crippen LogP contribution in [0.5, 0.6) is 5.88 Å². The molecule has 0 aliphatic carbocycles. The number of aromatic nitrogens is 2. The number of anilines is 1. The standard InChI is InChI=1S/C21H24FN3O3/c1-23-20-6-3-18(15-24-20)16-2-5-19-17(14-16)4-7-21(25-19)28-13-12-27-11-10-26-9-8-22/h2-7,14-15H,8-13H2,1H3,(H,23,24)/i22-1. The minimum atomic E-state index is -0.474. The Bertz CT molecular complexity index is 874. The van der Waals surface area contributed by atoms with Crippen LogP contribution in [-0.2, 0) is 9.47 Å². The number of fused-ring (bicyclic) bond motifs is 1. The fourth-order valence-corrected chi connectivity index (χ4v) is 2.66. The first-order valence-electron chi connectivity index (χ1n) is 9.19. The molecule has 0 bridgehead atoms. The highest BCUT2D eigenvalue weighted by atomic mass is 18.2. The lowest BCUT2D eigenvalue weighted by atomic mass is 10.1. The van der Waals surface area contributed by atoms with Gasteiger partial charge in [0.25, 0.3) is 0 Å². The average molecular weight is 384 g/mol. The summed E-state index contributed by atoms with van der Waals surface area (Å²) in [4.78, 5) is 8.88. The van der Waals surface area contributed by atoms with Gasteiger partial charge in [0, 0.05) is 30.3 Å². The second-order valence-corrected chi connectivity index (χ2v) is 6.00. The van der Waals surface area contributed by atoms with Gasteiger partial charge in [0.15, 0.2) is 0 Å². The van der Waals surface area contributed by atoms with E-state index in [-0.39, 0.29) is 6.61 Å². The van der Waals surface area contributed by atoms with E-state index in [0.717, 1.165) is 27.8 Å². The van der Waals surface area contributed by atoms with Gasteiger partial charge in [0.05, 0.1) is 31.9 Å². The van der Waals surface area contributed by atoms with E-state index >= 15 is 0 Å². The first-order chi connectivity index (χ1) is 13.8. The lowest BCUT2D eigenvalue weighted by molar-refractivity contribution is 0.0321. The molecule has 1 N–H and O–H groups in total. The number of pyridine rings is 2. The molecule has 0 amide bonds. The van der Waals surface area contributed by atoms with Crippen LogP contribution in [0.4, 0.5) is 10.2 Å². The maximum absolute atomic E-state index is 11.9. The molecule has 3 rings (SSSR count). The van der Waals surface area contributed by atoms with Crippen LogP contribution >= 0.6 is 0 Å². The van der Waals surface area contributed by atoms with Gasteiger partial charge in [-0.15, -0.1) is 0 Å². The van der Waals surface area contributed by atoms with Crippen LogP contribution < -0.4 is 10.1 Å². The second kappa shape index (κ2) is 10.5. The van der Waals surface area contributed by atoms with E-state index in [1.165, 1.54) is 0 Å². The minimum absolute atomic E-state index is 0.111. The summed E-state index contributed by atoms with van der Waals surface area (Å²) < 4.78 is 27.8. The Kier molecular flexibility index (Phi) is 7.52. The van der Waals surface area contributed by atoms with Crippen molar-refractivity contribution < 1.29 is 18.6 Å². The van der Waals surface area contributed by atoms with Gasteiger partial charge in [-0.2, -0.15) is 0 Å². The Hall–Kier alpha value is -2.77. The highest BCUT2D eigenvalue weighted by Gasteiger charge is 2.04. The highest BCUT2D eigenvalue weighted by Crippen LogP contribution is 2.25. The molecule has 0 saturated carbocycles. The highest BCUT2D eigenvalue weighted by molar-refractivity contribution is 5.84. The zero-order valence-corrected chi connectivity index (χ0v) is 15.9. The third-order valence-electron chi connectivity index (χ3n) is 4.09. The molecule has 0 radical (unpaired) electrons. The number of nitrogens with zero attached hydrogens (tertiary/aromatic N) is 2. The minimum Gasteiger partial charge on any atom is -0.475 e. The summed E-state index contributed by atoms with van der Waals surface area (Å²) in [6, 6.07) is 13.9. The SMILES string of the molecule is CNc1ccc(-c2ccc3nc(OCCOCCOCC[18F])ccc3c2)cn1. The summed E-state index contributed by atoms with van der Waals surface area (Å²) in [6.07, 6.45) is 1.85. The molecule has 0 aliphatic rings. The molecule has 0 aliphatic heterocycles. The van der Waals surface area contributed by atoms with E-state index in [0.29, 0.717) is 32.3 Å². The van der Waals surface area contributed by atoms with Gasteiger partial charge in [-0.3, -0.25) is 0 Å². The normalized spacial score (nSPS) is 10.9. The Balaban J connectivity index is 1.54. The molecule has 2 heterocycles. The van der Waals surface area contributed by atoms with Crippen LogP contribution in [0.25, 0.3) is 22.0 Å². The van der Waals surface area contributed by atoms with Gasteiger partial charge in [-0.1, -0.05) is 6.07 Å². The number of alkyl halides is 1. The molecule has 0 saturated heterocycles. The van der Waals surface area contributed by atoms with E-state index < -0.39 is 6.67 Å². The number of hydrogen-bond acceptors (Lipinski definition) is 6. The molecule has 6 nitrogen and oxygen atoms in total. The molecule has 0 atom stereocenters. The largest absolute Gasteiger partial charge is 0.475 e. The fraction of sp³-hybridized carbons (Fsp3) is 0.333. The Morgan fingerprint density at radius 1 is 0.893 bits per heavy atom. The van der Waals surface area contributed by atoms with Crippen molar-refractivity contribution in [1.82, 2.24) is 9.97 Å². The topological polar surface area (TPSA) is 65.5 Å². The average Bonchev–Trinajstić information content (AvgIpc) is 2.75. The molecule has 2 aromatic heterocycles. The van der Waals surface area contributed by atoms with Gasteiger partial charge >= 0.3 is 0 Å². The number of rotatable bonds is 11. The number of hydrogen-bond donors (Lipinski definition) is 1. The summed E-state index contributed by atoms with van der Waals surface area (Å²) in [5.74, 6) is 1.39. The summed E-state index contributed by atoms with van der Waals surface area (Å²) in [7, 11) is 1.85. The van der Waals surface area contributed by atoms with Gasteiger partial charge in [0.2, 0.25) is 5.88 Å². The monoisotopic (exact) mass is 384 g/mol. The summed E-state index contributed by atoms with van der Waals surface area (Å²) >= 11 is 0. The van der Waals surface area contributed by atoms with Crippen molar-refractivity contribution in [2.45, 2.75) is 0 Å². The third-order valence-corrected chi connectivity index (χ3v) is 4.09. The van der Waals surface area contributed by atoms with Crippen LogP contribution in [0.15, 0.2) is 48.7 Å². The first kappa shape index (κ1) is 20.0. The quantitative estimate of drug-likeness (QED) is 0.508. The summed E-state index contributed by atoms with van der Waals surface area (Å²) in [6.45, 7) is 1.25. The van der Waals surface area contributed by atoms with Gasteiger partial charge in [-0.05, 0) is 35.9 Å². The van der Waals surface area contributed by atoms with Crippen molar-refractivity contribution in [3.8, 4) is 17.0 Å². The number of benzene rings is 1. The molecule has 0 spiro atoms. The Morgan fingerprint density at radius 3 is 2.43 bits per heavy atom. The maximum atomic E-state index is 11.9. The van der Waals surface area contributed by atoms with Crippen molar-refractivity contribution in [1.29, 1.82) is 0 Å². The van der Waals surface area contributed by atoms with Crippen molar-refractivity contribution in [2.24, 2.45) is 0 Å². The fourth-order valence-electron chi connectivity index (χ4n) is 2.66. The molecule has 148 valence electrons. The maximum Gasteiger partial charge on any atom is 0.213 e. The molecular weight excluding hydrogens is 360 g/mol. The van der Waals surface area contributed by atoms with Crippen LogP contribution in [0.2, 0.25) is 0 Å². The molecule has 3 aromatic rings. The predicted molar refractivity (Wildman–Crippen MR) is 108 cm³/mol. The van der Waals surface area contributed by atoms with E-state index in [9.17, 15) is 4.39 Å². The molecule has 1 aromatic carbocycles. The number of halogens is 1. The Labute approximate surface area is 163 Å². The van der Waals surface area contributed by atoms with Crippen molar-refractivity contribution in [3.63, 3.8) is 0 Å². The molecular formula is C21H24FN3O3. The summed E-state index contributed by atoms with van der Waals surface area (Å²) in [5, 5.41) is 4.04. The van der Waals surface area contributed by atoms with E-state index in [1.54, 1.807) is 0 Å². The van der Waals surface area contributed by atoms with Crippen molar-refractivity contribution >= 4 is 16.7 Å². The van der Waals surface area contributed by atoms with Crippen molar-refractivity contribution in [3.05, 3.63) is 48.7 Å². The molecule has 0 unspecified atom stereocenters. The zero-order chi connectivity index (χ0) is 19.6. The molecule has 0 fully saturated rings. The molecule has 28 heavy (non-hydrogen) atoms. The lowest BCUT2D eigenvalue weighted by Gasteiger charge is -2.08. The second-order valence-electron chi connectivity index (χ2n) is 6.00. The van der Waals surface area contributed by atoms with Gasteiger partial charge < -0.3 is 19.5 Å². The lowest BCUT2D eigenvalue weighted by Crippen LogP contribution is -2.11. The molecule has 7 heteroatoms. The van der Waals surface area contributed by atoms with Crippen LogP contribution in [0.3, 0.4) is 0 Å². The Morgan fingerprint density at radius 2 is 1.68 bits per heavy atom. The smallest absolute Gasteiger partial charge is 0.213 e. The van der Waals surface area contributed by atoms with E-state index in [2.05, 4.69) is 21.4 Å². The summed E-state index contributed by atoms with van der Waals surface area (Å²) in [5.41, 5.74) is 3.00.